The summed E-state index contributed by atoms with van der Waals surface area (Å²) in [4.78, 5) is 17.5. The number of hydrogen-bond acceptors (Lipinski definition) is 8. The molecule has 0 aliphatic carbocycles. The lowest BCUT2D eigenvalue weighted by Crippen LogP contribution is -2.12. The van der Waals surface area contributed by atoms with E-state index in [1.54, 1.807) is 19.4 Å². The number of aryl methyl sites for hydroxylation is 1. The average Bonchev–Trinajstić information content (AvgIpc) is 2.72. The summed E-state index contributed by atoms with van der Waals surface area (Å²) in [6.07, 6.45) is 1.56. The van der Waals surface area contributed by atoms with Crippen LogP contribution in [0.5, 0.6) is 0 Å². The summed E-state index contributed by atoms with van der Waals surface area (Å²) in [6, 6.07) is 15.4. The van der Waals surface area contributed by atoms with Crippen LogP contribution in [-0.2, 0) is 17.9 Å². The molecule has 0 radical (unpaired) electrons. The van der Waals surface area contributed by atoms with Crippen molar-refractivity contribution in [3.8, 4) is 11.3 Å². The second kappa shape index (κ2) is 9.52. The van der Waals surface area contributed by atoms with Crippen molar-refractivity contribution in [1.29, 1.82) is 0 Å². The first-order valence-corrected chi connectivity index (χ1v) is 9.03. The van der Waals surface area contributed by atoms with E-state index in [9.17, 15) is 0 Å². The molecule has 3 rings (SSSR count). The molecule has 0 atom stereocenters. The largest absolute Gasteiger partial charge is 0.378 e. The van der Waals surface area contributed by atoms with Gasteiger partial charge in [0.05, 0.1) is 42.1 Å². The highest BCUT2D eigenvalue weighted by Gasteiger charge is 2.10. The lowest BCUT2D eigenvalue weighted by atomic mass is 10.0. The molecule has 0 saturated heterocycles. The molecule has 148 valence electrons. The average molecular weight is 389 g/mol. The van der Waals surface area contributed by atoms with Crippen molar-refractivity contribution in [2.24, 2.45) is 15.9 Å². The van der Waals surface area contributed by atoms with Gasteiger partial charge in [-0.2, -0.15) is 5.10 Å². The molecule has 3 aromatic rings. The Hall–Kier alpha value is -3.65. The van der Waals surface area contributed by atoms with Gasteiger partial charge in [-0.3, -0.25) is 9.98 Å². The fourth-order valence-corrected chi connectivity index (χ4v) is 2.83. The summed E-state index contributed by atoms with van der Waals surface area (Å²) in [5.41, 5.74) is 11.2. The summed E-state index contributed by atoms with van der Waals surface area (Å²) in [6.45, 7) is 2.84. The van der Waals surface area contributed by atoms with Crippen LogP contribution in [0.4, 0.5) is 5.95 Å². The molecule has 8 heteroatoms. The maximum Gasteiger partial charge on any atom is 0.221 e. The highest BCUT2D eigenvalue weighted by Crippen LogP contribution is 2.22. The predicted molar refractivity (Wildman–Crippen MR) is 114 cm³/mol. The second-order valence-corrected chi connectivity index (χ2v) is 6.35. The molecule has 0 aliphatic rings. The van der Waals surface area contributed by atoms with Gasteiger partial charge in [0, 0.05) is 12.7 Å². The van der Waals surface area contributed by atoms with Crippen LogP contribution in [0.25, 0.3) is 11.3 Å². The van der Waals surface area contributed by atoms with Crippen molar-refractivity contribution in [2.45, 2.75) is 20.1 Å². The number of methoxy groups -OCH3 is 1. The van der Waals surface area contributed by atoms with Crippen molar-refractivity contribution >= 4 is 17.9 Å². The Kier molecular flexibility index (Phi) is 6.59. The van der Waals surface area contributed by atoms with E-state index in [2.05, 4.69) is 25.0 Å². The van der Waals surface area contributed by atoms with Gasteiger partial charge in [-0.15, -0.1) is 0 Å². The topological polar surface area (TPSA) is 125 Å². The summed E-state index contributed by atoms with van der Waals surface area (Å²) >= 11 is 0. The van der Waals surface area contributed by atoms with Crippen LogP contribution in [0.2, 0.25) is 0 Å². The molecule has 2 heterocycles. The maximum absolute atomic E-state index is 5.92. The van der Waals surface area contributed by atoms with E-state index in [4.69, 9.17) is 16.3 Å². The monoisotopic (exact) mass is 389 g/mol. The van der Waals surface area contributed by atoms with Crippen LogP contribution in [-0.4, -0.2) is 34.0 Å². The lowest BCUT2D eigenvalue weighted by molar-refractivity contribution is 0.181. The Balaban J connectivity index is 1.82. The molecule has 0 amide bonds. The van der Waals surface area contributed by atoms with Crippen molar-refractivity contribution in [3.05, 3.63) is 71.2 Å². The van der Waals surface area contributed by atoms with Crippen molar-refractivity contribution < 1.29 is 4.74 Å². The number of nitrogen functional groups attached to an aromatic ring is 1. The molecular weight excluding hydrogens is 366 g/mol. The van der Waals surface area contributed by atoms with Gasteiger partial charge < -0.3 is 16.3 Å². The first-order chi connectivity index (χ1) is 14.1. The number of nitrogens with zero attached hydrogens (tertiary/aromatic N) is 5. The van der Waals surface area contributed by atoms with Gasteiger partial charge in [-0.1, -0.05) is 30.3 Å². The first-order valence-electron chi connectivity index (χ1n) is 9.03. The molecule has 0 spiro atoms. The molecule has 0 saturated carbocycles. The van der Waals surface area contributed by atoms with E-state index < -0.39 is 0 Å². The smallest absolute Gasteiger partial charge is 0.221 e. The van der Waals surface area contributed by atoms with Gasteiger partial charge in [0.2, 0.25) is 5.95 Å². The number of hydrazone groups is 1. The minimum atomic E-state index is 0.143. The molecule has 2 aromatic heterocycles. The molecule has 0 bridgehead atoms. The third kappa shape index (κ3) is 5.20. The van der Waals surface area contributed by atoms with Gasteiger partial charge in [0.1, 0.15) is 5.71 Å². The van der Waals surface area contributed by atoms with Gasteiger partial charge in [-0.05, 0) is 30.7 Å². The standard InChI is InChI=1S/C21H23N7O/c1-14-6-3-4-9-17(14)18-10-19(27-21(22)26-18)20(28-23)12-24-11-15-7-5-8-16(25-15)13-29-2/h3-10,12H,11,13,23H2,1-2H3,(H2,22,26,27). The van der Waals surface area contributed by atoms with Crippen LogP contribution in [0.15, 0.2) is 58.6 Å². The Morgan fingerprint density at radius 2 is 1.86 bits per heavy atom. The number of hydrogen-bond donors (Lipinski definition) is 2. The van der Waals surface area contributed by atoms with E-state index in [1.807, 2.05) is 49.4 Å². The SMILES string of the molecule is COCc1cccc(CN=CC(=NN)c2cc(-c3ccccc3C)nc(N)n2)n1. The van der Waals surface area contributed by atoms with Crippen LogP contribution in [0, 0.1) is 6.92 Å². The zero-order valence-corrected chi connectivity index (χ0v) is 16.4. The van der Waals surface area contributed by atoms with Crippen molar-refractivity contribution in [2.75, 3.05) is 12.8 Å². The Bertz CT molecular complexity index is 1050. The number of benzene rings is 1. The lowest BCUT2D eigenvalue weighted by Gasteiger charge is -2.08. The number of anilines is 1. The van der Waals surface area contributed by atoms with Crippen LogP contribution >= 0.6 is 0 Å². The van der Waals surface area contributed by atoms with Crippen molar-refractivity contribution in [3.63, 3.8) is 0 Å². The minimum Gasteiger partial charge on any atom is -0.378 e. The van der Waals surface area contributed by atoms with Gasteiger partial charge >= 0.3 is 0 Å². The maximum atomic E-state index is 5.92. The number of aromatic nitrogens is 3. The van der Waals surface area contributed by atoms with E-state index in [0.717, 1.165) is 22.5 Å². The van der Waals surface area contributed by atoms with Crippen LogP contribution < -0.4 is 11.6 Å². The second-order valence-electron chi connectivity index (χ2n) is 6.35. The Labute approximate surface area is 169 Å². The summed E-state index contributed by atoms with van der Waals surface area (Å²) in [5, 5.41) is 3.82. The summed E-state index contributed by atoms with van der Waals surface area (Å²) in [7, 11) is 1.63. The van der Waals surface area contributed by atoms with Crippen LogP contribution in [0.1, 0.15) is 22.6 Å². The number of pyridine rings is 1. The number of aliphatic imine (C=N–C) groups is 1. The number of nitrogens with two attached hydrogens (primary N) is 2. The normalized spacial score (nSPS) is 11.9. The first kappa shape index (κ1) is 20.1. The molecule has 0 fully saturated rings. The van der Waals surface area contributed by atoms with E-state index >= 15 is 0 Å². The molecule has 0 aliphatic heterocycles. The Morgan fingerprint density at radius 3 is 2.62 bits per heavy atom. The van der Waals surface area contributed by atoms with E-state index in [0.29, 0.717) is 30.3 Å². The summed E-state index contributed by atoms with van der Waals surface area (Å²) < 4.78 is 5.11. The van der Waals surface area contributed by atoms with E-state index in [1.165, 1.54) is 0 Å². The molecule has 4 N–H and O–H groups in total. The zero-order valence-electron chi connectivity index (χ0n) is 16.4. The molecule has 0 unspecified atom stereocenters. The zero-order chi connectivity index (χ0) is 20.6. The number of ether oxygens (including phenoxy) is 1. The highest BCUT2D eigenvalue weighted by molar-refractivity contribution is 6.37. The molecule has 29 heavy (non-hydrogen) atoms. The van der Waals surface area contributed by atoms with Gasteiger partial charge in [0.15, 0.2) is 0 Å². The highest BCUT2D eigenvalue weighted by atomic mass is 16.5. The van der Waals surface area contributed by atoms with Crippen LogP contribution in [0.3, 0.4) is 0 Å². The quantitative estimate of drug-likeness (QED) is 0.363. The molecule has 1 aromatic carbocycles. The van der Waals surface area contributed by atoms with Crippen molar-refractivity contribution in [1.82, 2.24) is 15.0 Å². The predicted octanol–water partition coefficient (Wildman–Crippen LogP) is 2.51. The van der Waals surface area contributed by atoms with Gasteiger partial charge in [-0.25, -0.2) is 9.97 Å². The van der Waals surface area contributed by atoms with Gasteiger partial charge in [0.25, 0.3) is 0 Å². The minimum absolute atomic E-state index is 0.143. The van der Waals surface area contributed by atoms with E-state index in [-0.39, 0.29) is 5.95 Å². The fraction of sp³-hybridized carbons (Fsp3) is 0.190. The third-order valence-corrected chi connectivity index (χ3v) is 4.19. The Morgan fingerprint density at radius 1 is 1.07 bits per heavy atom. The molecule has 8 nitrogen and oxygen atoms in total. The third-order valence-electron chi connectivity index (χ3n) is 4.19. The number of rotatable bonds is 7. The summed E-state index contributed by atoms with van der Waals surface area (Å²) in [5.74, 6) is 5.72. The fourth-order valence-electron chi connectivity index (χ4n) is 2.83. The molecular formula is C21H23N7O.